The molecule has 4 rings (SSSR count). The van der Waals surface area contributed by atoms with Gasteiger partial charge in [-0.15, -0.1) is 0 Å². The van der Waals surface area contributed by atoms with Crippen LogP contribution in [0.25, 0.3) is 0 Å². The maximum absolute atomic E-state index is 13.4. The molecule has 0 aromatic heterocycles. The lowest BCUT2D eigenvalue weighted by Crippen LogP contribution is -2.42. The number of imide groups is 1. The predicted molar refractivity (Wildman–Crippen MR) is 100 cm³/mol. The Morgan fingerprint density at radius 1 is 1.00 bits per heavy atom. The van der Waals surface area contributed by atoms with Gasteiger partial charge in [-0.2, -0.15) is 0 Å². The van der Waals surface area contributed by atoms with Gasteiger partial charge in [0.05, 0.1) is 12.1 Å². The SMILES string of the molecule is CC(C)(C)c1ccccc1N1C(=O)C[C@@]2(C(=O)c3ccccc3[C@@H]2O)C1=O. The third kappa shape index (κ3) is 2.24. The molecule has 5 nitrogen and oxygen atoms in total. The quantitative estimate of drug-likeness (QED) is 0.624. The fraction of sp³-hybridized carbons (Fsp3) is 0.318. The van der Waals surface area contributed by atoms with Crippen LogP contribution in [0, 0.1) is 5.41 Å². The highest BCUT2D eigenvalue weighted by atomic mass is 16.3. The van der Waals surface area contributed by atoms with Crippen molar-refractivity contribution in [3.63, 3.8) is 0 Å². The van der Waals surface area contributed by atoms with Crippen LogP contribution < -0.4 is 4.90 Å². The van der Waals surface area contributed by atoms with E-state index in [4.69, 9.17) is 0 Å². The first kappa shape index (κ1) is 17.6. The van der Waals surface area contributed by atoms with Gasteiger partial charge < -0.3 is 5.11 Å². The molecule has 0 unspecified atom stereocenters. The van der Waals surface area contributed by atoms with Crippen molar-refractivity contribution in [1.29, 1.82) is 0 Å². The predicted octanol–water partition coefficient (Wildman–Crippen LogP) is 3.16. The highest BCUT2D eigenvalue weighted by Gasteiger charge is 2.65. The molecule has 1 heterocycles. The average Bonchev–Trinajstić information content (AvgIpc) is 3.02. The summed E-state index contributed by atoms with van der Waals surface area (Å²) < 4.78 is 0. The summed E-state index contributed by atoms with van der Waals surface area (Å²) in [4.78, 5) is 40.5. The van der Waals surface area contributed by atoms with Crippen LogP contribution in [0.5, 0.6) is 0 Å². The molecule has 0 bridgehead atoms. The van der Waals surface area contributed by atoms with Crippen molar-refractivity contribution in [2.24, 2.45) is 5.41 Å². The van der Waals surface area contributed by atoms with E-state index in [1.54, 1.807) is 36.4 Å². The van der Waals surface area contributed by atoms with Crippen LogP contribution in [0.4, 0.5) is 5.69 Å². The van der Waals surface area contributed by atoms with Crippen LogP contribution in [-0.4, -0.2) is 22.7 Å². The number of aliphatic hydroxyl groups is 1. The zero-order valence-corrected chi connectivity index (χ0v) is 15.5. The van der Waals surface area contributed by atoms with Crippen LogP contribution in [0.1, 0.15) is 54.8 Å². The third-order valence-electron chi connectivity index (χ3n) is 5.59. The zero-order chi connectivity index (χ0) is 19.6. The third-order valence-corrected chi connectivity index (χ3v) is 5.59. The molecule has 2 aromatic carbocycles. The van der Waals surface area contributed by atoms with Crippen molar-refractivity contribution < 1.29 is 19.5 Å². The van der Waals surface area contributed by atoms with Gasteiger partial charge in [-0.05, 0) is 22.6 Å². The van der Waals surface area contributed by atoms with Crippen molar-refractivity contribution in [3.8, 4) is 0 Å². The number of ketones is 1. The fourth-order valence-corrected chi connectivity index (χ4v) is 4.22. The van der Waals surface area contributed by atoms with Crippen LogP contribution >= 0.6 is 0 Å². The van der Waals surface area contributed by atoms with E-state index in [2.05, 4.69) is 0 Å². The first-order valence-corrected chi connectivity index (χ1v) is 8.98. The number of anilines is 1. The maximum atomic E-state index is 13.4. The average molecular weight is 363 g/mol. The summed E-state index contributed by atoms with van der Waals surface area (Å²) in [6, 6.07) is 13.8. The maximum Gasteiger partial charge on any atom is 0.251 e. The normalized spacial score (nSPS) is 24.8. The molecule has 0 saturated carbocycles. The summed E-state index contributed by atoms with van der Waals surface area (Å²) in [5, 5.41) is 10.9. The number of benzene rings is 2. The molecule has 2 aromatic rings. The molecular formula is C22H21NO4. The van der Waals surface area contributed by atoms with Crippen molar-refractivity contribution in [2.75, 3.05) is 4.90 Å². The van der Waals surface area contributed by atoms with Crippen molar-refractivity contribution in [2.45, 2.75) is 38.7 Å². The van der Waals surface area contributed by atoms with Crippen molar-refractivity contribution in [1.82, 2.24) is 0 Å². The Morgan fingerprint density at radius 2 is 1.63 bits per heavy atom. The lowest BCUT2D eigenvalue weighted by molar-refractivity contribution is -0.127. The van der Waals surface area contributed by atoms with Crippen molar-refractivity contribution >= 4 is 23.3 Å². The molecule has 1 saturated heterocycles. The summed E-state index contributed by atoms with van der Waals surface area (Å²) in [5.74, 6) is -1.57. The number of rotatable bonds is 1. The summed E-state index contributed by atoms with van der Waals surface area (Å²) in [6.45, 7) is 5.99. The molecule has 2 atom stereocenters. The van der Waals surface area contributed by atoms with Crippen LogP contribution in [-0.2, 0) is 15.0 Å². The lowest BCUT2D eigenvalue weighted by atomic mass is 9.79. The van der Waals surface area contributed by atoms with Crippen LogP contribution in [0.15, 0.2) is 48.5 Å². The standard InChI is InChI=1S/C22H21NO4/c1-21(2,3)15-10-6-7-11-16(15)23-17(24)12-22(20(23)27)18(25)13-8-4-5-9-14(13)19(22)26/h4-11,18,25H,12H2,1-3H3/t18-,22+/m0/s1. The lowest BCUT2D eigenvalue weighted by Gasteiger charge is -2.28. The summed E-state index contributed by atoms with van der Waals surface area (Å²) in [7, 11) is 0. The number of aliphatic hydroxyl groups excluding tert-OH is 1. The summed E-state index contributed by atoms with van der Waals surface area (Å²) in [6.07, 6.45) is -1.64. The van der Waals surface area contributed by atoms with Gasteiger partial charge in [0.25, 0.3) is 5.91 Å². The summed E-state index contributed by atoms with van der Waals surface area (Å²) >= 11 is 0. The molecule has 2 amide bonds. The molecule has 1 N–H and O–H groups in total. The van der Waals surface area contributed by atoms with Gasteiger partial charge in [-0.1, -0.05) is 63.2 Å². The highest BCUT2D eigenvalue weighted by Crippen LogP contribution is 2.53. The number of hydrogen-bond acceptors (Lipinski definition) is 4. The Kier molecular flexibility index (Phi) is 3.65. The van der Waals surface area contributed by atoms with Gasteiger partial charge in [0.2, 0.25) is 5.91 Å². The number of fused-ring (bicyclic) bond motifs is 1. The monoisotopic (exact) mass is 363 g/mol. The number of nitrogens with zero attached hydrogens (tertiary/aromatic N) is 1. The number of carbonyl (C=O) groups excluding carboxylic acids is 3. The number of amides is 2. The summed E-state index contributed by atoms with van der Waals surface area (Å²) in [5.41, 5.74) is -0.0133. The van der Waals surface area contributed by atoms with E-state index in [1.165, 1.54) is 0 Å². The molecule has 5 heteroatoms. The Bertz CT molecular complexity index is 988. The molecule has 2 aliphatic rings. The minimum atomic E-state index is -1.76. The molecule has 1 aliphatic carbocycles. The Labute approximate surface area is 157 Å². The number of carbonyl (C=O) groups is 3. The Balaban J connectivity index is 1.85. The Hall–Kier alpha value is -2.79. The van der Waals surface area contributed by atoms with Gasteiger partial charge in [0.15, 0.2) is 11.2 Å². The second-order valence-corrected chi connectivity index (χ2v) is 8.27. The van der Waals surface area contributed by atoms with E-state index in [9.17, 15) is 19.5 Å². The molecule has 1 spiro atoms. The van der Waals surface area contributed by atoms with E-state index in [1.807, 2.05) is 32.9 Å². The van der Waals surface area contributed by atoms with Crippen LogP contribution in [0.2, 0.25) is 0 Å². The minimum Gasteiger partial charge on any atom is -0.387 e. The first-order valence-electron chi connectivity index (χ1n) is 8.98. The molecule has 27 heavy (non-hydrogen) atoms. The molecular weight excluding hydrogens is 342 g/mol. The van der Waals surface area contributed by atoms with E-state index in [-0.39, 0.29) is 11.8 Å². The van der Waals surface area contributed by atoms with Gasteiger partial charge in [0.1, 0.15) is 6.10 Å². The topological polar surface area (TPSA) is 74.7 Å². The van der Waals surface area contributed by atoms with Gasteiger partial charge in [-0.3, -0.25) is 14.4 Å². The van der Waals surface area contributed by atoms with E-state index < -0.39 is 29.1 Å². The number of para-hydroxylation sites is 1. The van der Waals surface area contributed by atoms with Crippen LogP contribution in [0.3, 0.4) is 0 Å². The van der Waals surface area contributed by atoms with Crippen molar-refractivity contribution in [3.05, 3.63) is 65.2 Å². The number of hydrogen-bond donors (Lipinski definition) is 1. The minimum absolute atomic E-state index is 0.297. The second kappa shape index (κ2) is 5.60. The van der Waals surface area contributed by atoms with Gasteiger partial charge >= 0.3 is 0 Å². The van der Waals surface area contributed by atoms with E-state index in [0.29, 0.717) is 16.8 Å². The van der Waals surface area contributed by atoms with E-state index in [0.717, 1.165) is 10.5 Å². The molecule has 1 fully saturated rings. The Morgan fingerprint density at radius 3 is 2.30 bits per heavy atom. The first-order chi connectivity index (χ1) is 12.7. The van der Waals surface area contributed by atoms with Gasteiger partial charge in [0, 0.05) is 5.56 Å². The zero-order valence-electron chi connectivity index (χ0n) is 15.5. The van der Waals surface area contributed by atoms with E-state index >= 15 is 0 Å². The largest absolute Gasteiger partial charge is 0.387 e. The highest BCUT2D eigenvalue weighted by molar-refractivity contribution is 6.33. The smallest absolute Gasteiger partial charge is 0.251 e. The van der Waals surface area contributed by atoms with Gasteiger partial charge in [-0.25, -0.2) is 4.90 Å². The second-order valence-electron chi connectivity index (χ2n) is 8.27. The fourth-order valence-electron chi connectivity index (χ4n) is 4.22. The number of Topliss-reactive ketones (excluding diaryl/α,β-unsaturated/α-hetero) is 1. The molecule has 0 radical (unpaired) electrons. The molecule has 1 aliphatic heterocycles. The molecule has 138 valence electrons.